The molecule has 1 aromatic heterocycles. The molecule has 0 saturated heterocycles. The molecule has 2 aromatic carbocycles. The molecule has 1 heterocycles. The van der Waals surface area contributed by atoms with Crippen LogP contribution in [0.5, 0.6) is 5.75 Å². The smallest absolute Gasteiger partial charge is 0.262 e. The Labute approximate surface area is 143 Å². The van der Waals surface area contributed by atoms with Crippen LogP contribution >= 0.6 is 11.3 Å². The number of hydrogen-bond donors (Lipinski definition) is 1. The summed E-state index contributed by atoms with van der Waals surface area (Å²) in [6.07, 6.45) is 5.18. The Morgan fingerprint density at radius 2 is 2.00 bits per heavy atom. The number of amides is 1. The summed E-state index contributed by atoms with van der Waals surface area (Å²) >= 11 is 1.23. The second kappa shape index (κ2) is 7.16. The van der Waals surface area contributed by atoms with Crippen molar-refractivity contribution in [2.75, 3.05) is 6.54 Å². The van der Waals surface area contributed by atoms with Crippen molar-refractivity contribution >= 4 is 27.3 Å². The molecule has 0 aliphatic rings. The number of rotatable bonds is 5. The number of terminal acetylenes is 1. The Morgan fingerprint density at radius 3 is 2.75 bits per heavy atom. The fourth-order valence-corrected chi connectivity index (χ4v) is 3.51. The van der Waals surface area contributed by atoms with Gasteiger partial charge in [-0.3, -0.25) is 4.79 Å². The zero-order valence-electron chi connectivity index (χ0n) is 12.7. The number of ether oxygens (including phenoxy) is 1. The minimum atomic E-state index is -0.369. The van der Waals surface area contributed by atoms with Crippen LogP contribution < -0.4 is 10.1 Å². The summed E-state index contributed by atoms with van der Waals surface area (Å²) in [5.41, 5.74) is 0.534. The molecule has 0 unspecified atom stereocenters. The minimum Gasteiger partial charge on any atom is -0.489 e. The third kappa shape index (κ3) is 3.24. The molecule has 0 aliphatic carbocycles. The van der Waals surface area contributed by atoms with E-state index in [-0.39, 0.29) is 24.9 Å². The third-order valence-electron chi connectivity index (χ3n) is 3.45. The fourth-order valence-electron chi connectivity index (χ4n) is 2.37. The Bertz CT molecular complexity index is 912. The summed E-state index contributed by atoms with van der Waals surface area (Å²) in [4.78, 5) is 12.8. The van der Waals surface area contributed by atoms with Crippen molar-refractivity contribution < 1.29 is 13.9 Å². The summed E-state index contributed by atoms with van der Waals surface area (Å²) in [7, 11) is 0. The molecule has 0 spiro atoms. The van der Waals surface area contributed by atoms with Gasteiger partial charge in [0.05, 0.1) is 11.4 Å². The van der Waals surface area contributed by atoms with Gasteiger partial charge in [-0.15, -0.1) is 17.8 Å². The number of para-hydroxylation sites is 1. The highest BCUT2D eigenvalue weighted by Gasteiger charge is 2.21. The molecule has 120 valence electrons. The average Bonchev–Trinajstić information content (AvgIpc) is 2.99. The maximum absolute atomic E-state index is 14.3. The third-order valence-corrected chi connectivity index (χ3v) is 4.64. The van der Waals surface area contributed by atoms with E-state index < -0.39 is 0 Å². The summed E-state index contributed by atoms with van der Waals surface area (Å²) in [6.45, 7) is 0.221. The zero-order chi connectivity index (χ0) is 16.9. The molecular formula is C19H14FNO2S. The molecule has 3 aromatic rings. The molecule has 3 nitrogen and oxygen atoms in total. The molecule has 1 amide bonds. The van der Waals surface area contributed by atoms with E-state index in [4.69, 9.17) is 11.2 Å². The van der Waals surface area contributed by atoms with Gasteiger partial charge in [-0.1, -0.05) is 30.2 Å². The van der Waals surface area contributed by atoms with E-state index >= 15 is 0 Å². The number of benzene rings is 2. The predicted octanol–water partition coefficient (Wildman–Crippen LogP) is 3.98. The first-order valence-corrected chi connectivity index (χ1v) is 8.11. The first kappa shape index (κ1) is 16.0. The van der Waals surface area contributed by atoms with Gasteiger partial charge in [-0.2, -0.15) is 0 Å². The number of carbonyl (C=O) groups is 1. The van der Waals surface area contributed by atoms with Gasteiger partial charge in [0.15, 0.2) is 0 Å². The lowest BCUT2D eigenvalue weighted by atomic mass is 10.1. The second-order valence-corrected chi connectivity index (χ2v) is 6.06. The van der Waals surface area contributed by atoms with Gasteiger partial charge < -0.3 is 10.1 Å². The van der Waals surface area contributed by atoms with Gasteiger partial charge in [0.25, 0.3) is 5.91 Å². The van der Waals surface area contributed by atoms with Crippen molar-refractivity contribution in [3.8, 4) is 18.1 Å². The van der Waals surface area contributed by atoms with Crippen LogP contribution in [0.2, 0.25) is 0 Å². The Kier molecular flexibility index (Phi) is 4.78. The Hall–Kier alpha value is -2.84. The molecular weight excluding hydrogens is 325 g/mol. The number of hydrogen-bond acceptors (Lipinski definition) is 3. The highest BCUT2D eigenvalue weighted by atomic mass is 32.1. The van der Waals surface area contributed by atoms with Gasteiger partial charge in [0.2, 0.25) is 0 Å². The largest absolute Gasteiger partial charge is 0.489 e. The summed E-state index contributed by atoms with van der Waals surface area (Å²) < 4.78 is 20.7. The Balaban J connectivity index is 1.99. The molecule has 5 heteroatoms. The average molecular weight is 339 g/mol. The van der Waals surface area contributed by atoms with Crippen molar-refractivity contribution in [1.29, 1.82) is 0 Å². The SMILES string of the molecule is C#CCNC(=O)c1sc2cccc(F)c2c1COc1ccccc1. The monoisotopic (exact) mass is 339 g/mol. The van der Waals surface area contributed by atoms with Crippen LogP contribution in [0.25, 0.3) is 10.1 Å². The molecule has 1 N–H and O–H groups in total. The van der Waals surface area contributed by atoms with Crippen molar-refractivity contribution in [1.82, 2.24) is 5.32 Å². The predicted molar refractivity (Wildman–Crippen MR) is 93.7 cm³/mol. The highest BCUT2D eigenvalue weighted by Crippen LogP contribution is 2.34. The van der Waals surface area contributed by atoms with Crippen molar-refractivity contribution in [3.63, 3.8) is 0 Å². The first-order valence-electron chi connectivity index (χ1n) is 7.30. The second-order valence-electron chi connectivity index (χ2n) is 5.01. The topological polar surface area (TPSA) is 38.3 Å². The van der Waals surface area contributed by atoms with E-state index in [0.29, 0.717) is 26.3 Å². The van der Waals surface area contributed by atoms with Crippen LogP contribution in [0.4, 0.5) is 4.39 Å². The molecule has 24 heavy (non-hydrogen) atoms. The van der Waals surface area contributed by atoms with Crippen LogP contribution in [0.1, 0.15) is 15.2 Å². The van der Waals surface area contributed by atoms with Crippen molar-refractivity contribution in [2.24, 2.45) is 0 Å². The Morgan fingerprint density at radius 1 is 1.21 bits per heavy atom. The molecule has 0 radical (unpaired) electrons. The van der Waals surface area contributed by atoms with E-state index in [0.717, 1.165) is 0 Å². The van der Waals surface area contributed by atoms with E-state index in [9.17, 15) is 9.18 Å². The zero-order valence-corrected chi connectivity index (χ0v) is 13.5. The number of halogens is 1. The summed E-state index contributed by atoms with van der Waals surface area (Å²) in [5, 5.41) is 3.05. The first-order chi connectivity index (χ1) is 11.7. The maximum Gasteiger partial charge on any atom is 0.262 e. The van der Waals surface area contributed by atoms with Gasteiger partial charge >= 0.3 is 0 Å². The lowest BCUT2D eigenvalue weighted by Crippen LogP contribution is -2.23. The molecule has 3 rings (SSSR count). The van der Waals surface area contributed by atoms with Crippen LogP contribution in [0.3, 0.4) is 0 Å². The molecule has 0 atom stereocenters. The van der Waals surface area contributed by atoms with E-state index in [1.807, 2.05) is 30.3 Å². The van der Waals surface area contributed by atoms with Gasteiger partial charge in [-0.05, 0) is 24.3 Å². The number of fused-ring (bicyclic) bond motifs is 1. The van der Waals surface area contributed by atoms with Crippen LogP contribution in [-0.4, -0.2) is 12.5 Å². The fraction of sp³-hybridized carbons (Fsp3) is 0.105. The molecule has 0 fully saturated rings. The van der Waals surface area contributed by atoms with Crippen molar-refractivity contribution in [3.05, 3.63) is 64.8 Å². The van der Waals surface area contributed by atoms with Gasteiger partial charge in [0, 0.05) is 15.6 Å². The number of nitrogens with one attached hydrogen (secondary N) is 1. The van der Waals surface area contributed by atoms with E-state index in [2.05, 4.69) is 11.2 Å². The van der Waals surface area contributed by atoms with Gasteiger partial charge in [0.1, 0.15) is 18.2 Å². The van der Waals surface area contributed by atoms with Gasteiger partial charge in [-0.25, -0.2) is 4.39 Å². The van der Waals surface area contributed by atoms with Crippen LogP contribution in [0.15, 0.2) is 48.5 Å². The van der Waals surface area contributed by atoms with Crippen LogP contribution in [-0.2, 0) is 6.61 Å². The van der Waals surface area contributed by atoms with E-state index in [1.165, 1.54) is 17.4 Å². The molecule has 0 saturated carbocycles. The quantitative estimate of drug-likeness (QED) is 0.714. The normalized spacial score (nSPS) is 10.3. The molecule has 0 bridgehead atoms. The van der Waals surface area contributed by atoms with Crippen molar-refractivity contribution in [2.45, 2.75) is 6.61 Å². The molecule has 0 aliphatic heterocycles. The summed E-state index contributed by atoms with van der Waals surface area (Å²) in [6, 6.07) is 14.0. The maximum atomic E-state index is 14.3. The number of carbonyl (C=O) groups excluding carboxylic acids is 1. The lowest BCUT2D eigenvalue weighted by molar-refractivity contribution is 0.0960. The highest BCUT2D eigenvalue weighted by molar-refractivity contribution is 7.21. The minimum absolute atomic E-state index is 0.101. The lowest BCUT2D eigenvalue weighted by Gasteiger charge is -2.08. The van der Waals surface area contributed by atoms with E-state index in [1.54, 1.807) is 12.1 Å². The van der Waals surface area contributed by atoms with Crippen LogP contribution in [0, 0.1) is 18.2 Å². The number of thiophene rings is 1. The standard InChI is InChI=1S/C19H14FNO2S/c1-2-11-21-19(22)18-14(12-23-13-7-4-3-5-8-13)17-15(20)9-6-10-16(17)24-18/h1,3-10H,11-12H2,(H,21,22). The summed E-state index contributed by atoms with van der Waals surface area (Å²) in [5.74, 6) is 2.33.